The van der Waals surface area contributed by atoms with Crippen LogP contribution in [0.2, 0.25) is 0 Å². The van der Waals surface area contributed by atoms with Crippen LogP contribution in [0.1, 0.15) is 61.3 Å². The molecular formula is C25H30N2O. The fourth-order valence-electron chi connectivity index (χ4n) is 4.99. The average molecular weight is 375 g/mol. The summed E-state index contributed by atoms with van der Waals surface area (Å²) in [6.45, 7) is 8.51. The van der Waals surface area contributed by atoms with Crippen molar-refractivity contribution in [3.63, 3.8) is 0 Å². The normalized spacial score (nSPS) is 22.4. The standard InChI is InChI=1S/C25H30N2O/c1-25(2)15-21(12-14-28-25)24(20-9-7-19(16-26)8-10-20)11-13-27-17-22-5-3-4-6-23(22)18-27/h3-10,21,24H,11-15,17-18H2,1-2H3/t21-,24-/m1/s1. The molecule has 2 atom stereocenters. The van der Waals surface area contributed by atoms with Crippen LogP contribution < -0.4 is 0 Å². The van der Waals surface area contributed by atoms with Crippen LogP contribution in [-0.2, 0) is 17.8 Å². The van der Waals surface area contributed by atoms with Crippen LogP contribution in [0.4, 0.5) is 0 Å². The number of benzene rings is 2. The highest BCUT2D eigenvalue weighted by Gasteiger charge is 2.34. The van der Waals surface area contributed by atoms with Crippen molar-refractivity contribution in [2.24, 2.45) is 5.92 Å². The first-order chi connectivity index (χ1) is 13.5. The second-order valence-corrected chi connectivity index (χ2v) is 8.97. The van der Waals surface area contributed by atoms with Crippen molar-refractivity contribution in [3.8, 4) is 6.07 Å². The van der Waals surface area contributed by atoms with Crippen molar-refractivity contribution in [2.45, 2.75) is 57.7 Å². The lowest BCUT2D eigenvalue weighted by atomic mass is 9.75. The van der Waals surface area contributed by atoms with Gasteiger partial charge in [0, 0.05) is 19.7 Å². The maximum Gasteiger partial charge on any atom is 0.0991 e. The summed E-state index contributed by atoms with van der Waals surface area (Å²) in [4.78, 5) is 2.58. The zero-order chi connectivity index (χ0) is 19.6. The molecule has 0 unspecified atom stereocenters. The first-order valence-electron chi connectivity index (χ1n) is 10.5. The summed E-state index contributed by atoms with van der Waals surface area (Å²) in [6, 6.07) is 19.3. The van der Waals surface area contributed by atoms with Crippen LogP contribution in [0.25, 0.3) is 0 Å². The van der Waals surface area contributed by atoms with Crippen LogP contribution in [0.5, 0.6) is 0 Å². The van der Waals surface area contributed by atoms with Crippen molar-refractivity contribution in [1.82, 2.24) is 4.90 Å². The highest BCUT2D eigenvalue weighted by atomic mass is 16.5. The minimum Gasteiger partial charge on any atom is -0.376 e. The van der Waals surface area contributed by atoms with Gasteiger partial charge in [0.1, 0.15) is 0 Å². The molecule has 0 bridgehead atoms. The lowest BCUT2D eigenvalue weighted by molar-refractivity contribution is -0.0775. The Balaban J connectivity index is 1.49. The number of nitrogens with zero attached hydrogens (tertiary/aromatic N) is 2. The molecule has 2 aromatic rings. The summed E-state index contributed by atoms with van der Waals surface area (Å²) in [5, 5.41) is 9.14. The molecule has 146 valence electrons. The minimum absolute atomic E-state index is 0.0440. The molecule has 0 amide bonds. The maximum atomic E-state index is 9.14. The van der Waals surface area contributed by atoms with E-state index >= 15 is 0 Å². The highest BCUT2D eigenvalue weighted by Crippen LogP contribution is 2.40. The number of nitriles is 1. The van der Waals surface area contributed by atoms with Crippen molar-refractivity contribution in [1.29, 1.82) is 5.26 Å². The van der Waals surface area contributed by atoms with Crippen LogP contribution in [0.3, 0.4) is 0 Å². The molecule has 0 spiro atoms. The van der Waals surface area contributed by atoms with Gasteiger partial charge in [-0.2, -0.15) is 5.26 Å². The molecule has 2 heterocycles. The van der Waals surface area contributed by atoms with E-state index in [4.69, 9.17) is 10.00 Å². The van der Waals surface area contributed by atoms with E-state index < -0.39 is 0 Å². The van der Waals surface area contributed by atoms with E-state index in [1.54, 1.807) is 0 Å². The van der Waals surface area contributed by atoms with Gasteiger partial charge < -0.3 is 4.74 Å². The van der Waals surface area contributed by atoms with Gasteiger partial charge in [-0.1, -0.05) is 36.4 Å². The van der Waals surface area contributed by atoms with E-state index in [-0.39, 0.29) is 5.60 Å². The Kier molecular flexibility index (Phi) is 5.53. The molecule has 2 aliphatic rings. The third-order valence-electron chi connectivity index (χ3n) is 6.43. The van der Waals surface area contributed by atoms with Gasteiger partial charge in [-0.05, 0) is 80.3 Å². The lowest BCUT2D eigenvalue weighted by Gasteiger charge is -2.40. The van der Waals surface area contributed by atoms with Crippen molar-refractivity contribution in [2.75, 3.05) is 13.2 Å². The van der Waals surface area contributed by atoms with Gasteiger partial charge in [-0.3, -0.25) is 4.90 Å². The predicted octanol–water partition coefficient (Wildman–Crippen LogP) is 5.25. The van der Waals surface area contributed by atoms with Gasteiger partial charge in [-0.15, -0.1) is 0 Å². The molecule has 0 aromatic heterocycles. The summed E-state index contributed by atoms with van der Waals surface area (Å²) in [5.41, 5.74) is 5.02. The second-order valence-electron chi connectivity index (χ2n) is 8.97. The second kappa shape index (κ2) is 8.07. The van der Waals surface area contributed by atoms with Crippen LogP contribution in [-0.4, -0.2) is 23.7 Å². The average Bonchev–Trinajstić information content (AvgIpc) is 3.11. The molecule has 28 heavy (non-hydrogen) atoms. The minimum atomic E-state index is -0.0440. The molecule has 4 rings (SSSR count). The zero-order valence-electron chi connectivity index (χ0n) is 17.0. The summed E-state index contributed by atoms with van der Waals surface area (Å²) in [7, 11) is 0. The molecule has 3 nitrogen and oxygen atoms in total. The quantitative estimate of drug-likeness (QED) is 0.717. The number of rotatable bonds is 5. The fourth-order valence-corrected chi connectivity index (χ4v) is 4.99. The third kappa shape index (κ3) is 4.29. The number of hydrogen-bond donors (Lipinski definition) is 0. The Labute approximate surface area is 168 Å². The zero-order valence-corrected chi connectivity index (χ0v) is 17.0. The molecule has 2 aromatic carbocycles. The Bertz CT molecular complexity index is 825. The first kappa shape index (κ1) is 19.2. The Morgan fingerprint density at radius 3 is 2.39 bits per heavy atom. The fraction of sp³-hybridized carbons (Fsp3) is 0.480. The van der Waals surface area contributed by atoms with Gasteiger partial charge >= 0.3 is 0 Å². The summed E-state index contributed by atoms with van der Waals surface area (Å²) in [6.07, 6.45) is 3.37. The molecule has 0 saturated carbocycles. The molecular weight excluding hydrogens is 344 g/mol. The molecule has 1 fully saturated rings. The first-order valence-corrected chi connectivity index (χ1v) is 10.5. The molecule has 3 heteroatoms. The van der Waals surface area contributed by atoms with Gasteiger partial charge in [0.15, 0.2) is 0 Å². The topological polar surface area (TPSA) is 36.3 Å². The van der Waals surface area contributed by atoms with Crippen molar-refractivity contribution in [3.05, 3.63) is 70.8 Å². The Morgan fingerprint density at radius 2 is 1.79 bits per heavy atom. The van der Waals surface area contributed by atoms with Gasteiger partial charge in [0.25, 0.3) is 0 Å². The molecule has 0 aliphatic carbocycles. The van der Waals surface area contributed by atoms with Crippen molar-refractivity contribution >= 4 is 0 Å². The molecule has 2 aliphatic heterocycles. The Hall–Kier alpha value is -2.15. The largest absolute Gasteiger partial charge is 0.376 e. The number of hydrogen-bond acceptors (Lipinski definition) is 3. The molecule has 0 N–H and O–H groups in total. The summed E-state index contributed by atoms with van der Waals surface area (Å²) in [5.74, 6) is 1.14. The van der Waals surface area contributed by atoms with Crippen LogP contribution in [0, 0.1) is 17.2 Å². The van der Waals surface area contributed by atoms with Gasteiger partial charge in [0.2, 0.25) is 0 Å². The molecule has 1 saturated heterocycles. The van der Waals surface area contributed by atoms with E-state index in [0.717, 1.165) is 51.1 Å². The highest BCUT2D eigenvalue weighted by molar-refractivity contribution is 5.34. The van der Waals surface area contributed by atoms with E-state index in [9.17, 15) is 0 Å². The van der Waals surface area contributed by atoms with Gasteiger partial charge in [0.05, 0.1) is 17.2 Å². The van der Waals surface area contributed by atoms with Gasteiger partial charge in [-0.25, -0.2) is 0 Å². The summed E-state index contributed by atoms with van der Waals surface area (Å²) < 4.78 is 5.98. The number of fused-ring (bicyclic) bond motifs is 1. The van der Waals surface area contributed by atoms with Crippen LogP contribution in [0.15, 0.2) is 48.5 Å². The SMILES string of the molecule is CC1(C)C[C@H]([C@H](CCN2Cc3ccccc3C2)c2ccc(C#N)cc2)CCO1. The lowest BCUT2D eigenvalue weighted by Crippen LogP contribution is -2.37. The summed E-state index contributed by atoms with van der Waals surface area (Å²) >= 11 is 0. The third-order valence-corrected chi connectivity index (χ3v) is 6.43. The van der Waals surface area contributed by atoms with E-state index in [2.05, 4.69) is 61.2 Å². The monoisotopic (exact) mass is 374 g/mol. The van der Waals surface area contributed by atoms with E-state index in [1.807, 2.05) is 12.1 Å². The smallest absolute Gasteiger partial charge is 0.0991 e. The van der Waals surface area contributed by atoms with E-state index in [1.165, 1.54) is 16.7 Å². The maximum absolute atomic E-state index is 9.14. The molecule has 0 radical (unpaired) electrons. The Morgan fingerprint density at radius 1 is 1.11 bits per heavy atom. The predicted molar refractivity (Wildman–Crippen MR) is 112 cm³/mol. The number of ether oxygens (including phenoxy) is 1. The van der Waals surface area contributed by atoms with Crippen LogP contribution >= 0.6 is 0 Å². The van der Waals surface area contributed by atoms with E-state index in [0.29, 0.717) is 11.8 Å². The van der Waals surface area contributed by atoms with Crippen molar-refractivity contribution < 1.29 is 4.74 Å².